The molecule has 8 nitrogen and oxygen atoms in total. The minimum Gasteiger partial charge on any atom is -0.493 e. The van der Waals surface area contributed by atoms with Crippen molar-refractivity contribution in [3.63, 3.8) is 0 Å². The molecule has 0 aliphatic carbocycles. The predicted octanol–water partition coefficient (Wildman–Crippen LogP) is 5.26. The minimum atomic E-state index is -0.227. The minimum absolute atomic E-state index is 0.105. The Morgan fingerprint density at radius 1 is 1.09 bits per heavy atom. The smallest absolute Gasteiger partial charge is 0.277 e. The molecule has 0 unspecified atom stereocenters. The van der Waals surface area contributed by atoms with Crippen LogP contribution in [0, 0.1) is 0 Å². The Labute approximate surface area is 196 Å². The van der Waals surface area contributed by atoms with Crippen molar-refractivity contribution < 1.29 is 18.7 Å². The number of thiazole rings is 1. The number of carbonyl (C=O) groups excluding carboxylic acids is 1. The van der Waals surface area contributed by atoms with Crippen molar-refractivity contribution in [2.45, 2.75) is 5.22 Å². The Bertz CT molecular complexity index is 1230. The van der Waals surface area contributed by atoms with Crippen LogP contribution in [0.4, 0.5) is 5.13 Å². The van der Waals surface area contributed by atoms with Gasteiger partial charge in [-0.2, -0.15) is 0 Å². The fraction of sp³-hybridized carbons (Fsp3) is 0.143. The lowest BCUT2D eigenvalue weighted by molar-refractivity contribution is -0.113. The average molecular weight is 489 g/mol. The zero-order valence-electron chi connectivity index (χ0n) is 17.0. The number of thioether (sulfide) groups is 1. The number of hydrogen-bond acceptors (Lipinski definition) is 9. The number of ether oxygens (including phenoxy) is 2. The SMILES string of the molecule is COc1ccc(-c2csc(NC(=O)CSc3nnc(-c4ccc(Cl)cc4)o3)n2)cc1OC. The van der Waals surface area contributed by atoms with Crippen molar-refractivity contribution in [2.75, 3.05) is 25.3 Å². The van der Waals surface area contributed by atoms with Gasteiger partial charge in [0.15, 0.2) is 16.6 Å². The molecule has 0 atom stereocenters. The van der Waals surface area contributed by atoms with Crippen LogP contribution in [0.1, 0.15) is 0 Å². The Kier molecular flexibility index (Phi) is 6.93. The number of aromatic nitrogens is 3. The van der Waals surface area contributed by atoms with Crippen molar-refractivity contribution in [3.05, 3.63) is 52.9 Å². The van der Waals surface area contributed by atoms with E-state index in [4.69, 9.17) is 25.5 Å². The van der Waals surface area contributed by atoms with Gasteiger partial charge in [-0.3, -0.25) is 4.79 Å². The summed E-state index contributed by atoms with van der Waals surface area (Å²) in [4.78, 5) is 16.8. The molecular formula is C21H17ClN4O4S2. The first-order chi connectivity index (χ1) is 15.6. The maximum atomic E-state index is 12.3. The Morgan fingerprint density at radius 2 is 1.84 bits per heavy atom. The Morgan fingerprint density at radius 3 is 2.59 bits per heavy atom. The molecule has 4 aromatic rings. The fourth-order valence-corrected chi connectivity index (χ4v) is 4.14. The van der Waals surface area contributed by atoms with Gasteiger partial charge in [0.05, 0.1) is 25.7 Å². The highest BCUT2D eigenvalue weighted by atomic mass is 35.5. The van der Waals surface area contributed by atoms with Gasteiger partial charge in [0, 0.05) is 21.5 Å². The number of nitrogens with one attached hydrogen (secondary N) is 1. The molecule has 2 aromatic heterocycles. The van der Waals surface area contributed by atoms with Crippen LogP contribution in [0.15, 0.2) is 57.5 Å². The van der Waals surface area contributed by atoms with Crippen LogP contribution in [-0.2, 0) is 4.79 Å². The number of hydrogen-bond donors (Lipinski definition) is 1. The normalized spacial score (nSPS) is 10.7. The van der Waals surface area contributed by atoms with Crippen molar-refractivity contribution >= 4 is 45.7 Å². The van der Waals surface area contributed by atoms with E-state index in [0.717, 1.165) is 28.6 Å². The van der Waals surface area contributed by atoms with E-state index in [-0.39, 0.29) is 11.7 Å². The molecule has 2 heterocycles. The molecule has 2 aromatic carbocycles. The van der Waals surface area contributed by atoms with Gasteiger partial charge in [-0.25, -0.2) is 4.98 Å². The number of nitrogens with zero attached hydrogens (tertiary/aromatic N) is 3. The van der Waals surface area contributed by atoms with Gasteiger partial charge < -0.3 is 19.2 Å². The summed E-state index contributed by atoms with van der Waals surface area (Å²) in [6.45, 7) is 0. The topological polar surface area (TPSA) is 99.4 Å². The fourth-order valence-electron chi connectivity index (χ4n) is 2.72. The third-order valence-corrected chi connectivity index (χ3v) is 6.08. The first-order valence-corrected chi connectivity index (χ1v) is 11.5. The van der Waals surface area contributed by atoms with E-state index in [1.54, 1.807) is 38.5 Å². The van der Waals surface area contributed by atoms with Crippen LogP contribution < -0.4 is 14.8 Å². The quantitative estimate of drug-likeness (QED) is 0.335. The van der Waals surface area contributed by atoms with E-state index < -0.39 is 0 Å². The highest BCUT2D eigenvalue weighted by Gasteiger charge is 2.14. The van der Waals surface area contributed by atoms with Crippen LogP contribution in [0.5, 0.6) is 11.5 Å². The van der Waals surface area contributed by atoms with Gasteiger partial charge >= 0.3 is 0 Å². The number of amides is 1. The third-order valence-electron chi connectivity index (χ3n) is 4.25. The summed E-state index contributed by atoms with van der Waals surface area (Å²) in [5.41, 5.74) is 2.33. The molecule has 0 aliphatic heterocycles. The molecule has 0 radical (unpaired) electrons. The van der Waals surface area contributed by atoms with Crippen LogP contribution >= 0.6 is 34.7 Å². The number of rotatable bonds is 8. The first kappa shape index (κ1) is 22.1. The van der Waals surface area contributed by atoms with Gasteiger partial charge in [-0.15, -0.1) is 21.5 Å². The molecule has 11 heteroatoms. The molecule has 0 fully saturated rings. The summed E-state index contributed by atoms with van der Waals surface area (Å²) in [6.07, 6.45) is 0. The van der Waals surface area contributed by atoms with Crippen molar-refractivity contribution in [3.8, 4) is 34.2 Å². The summed E-state index contributed by atoms with van der Waals surface area (Å²) in [7, 11) is 3.16. The summed E-state index contributed by atoms with van der Waals surface area (Å²) >= 11 is 8.37. The summed E-state index contributed by atoms with van der Waals surface area (Å²) < 4.78 is 16.2. The van der Waals surface area contributed by atoms with E-state index in [1.165, 1.54) is 11.3 Å². The molecular weight excluding hydrogens is 472 g/mol. The molecule has 0 spiro atoms. The maximum Gasteiger partial charge on any atom is 0.277 e. The van der Waals surface area contributed by atoms with Crippen molar-refractivity contribution in [1.82, 2.24) is 15.2 Å². The average Bonchev–Trinajstić information content (AvgIpc) is 3.47. The van der Waals surface area contributed by atoms with Crippen LogP contribution in [0.25, 0.3) is 22.7 Å². The number of halogens is 1. The molecule has 0 saturated carbocycles. The summed E-state index contributed by atoms with van der Waals surface area (Å²) in [5, 5.41) is 14.0. The lowest BCUT2D eigenvalue weighted by Crippen LogP contribution is -2.13. The van der Waals surface area contributed by atoms with Crippen molar-refractivity contribution in [2.24, 2.45) is 0 Å². The predicted molar refractivity (Wildman–Crippen MR) is 125 cm³/mol. The maximum absolute atomic E-state index is 12.3. The first-order valence-electron chi connectivity index (χ1n) is 9.25. The second-order valence-electron chi connectivity index (χ2n) is 6.32. The molecule has 0 saturated heterocycles. The van der Waals surface area contributed by atoms with Crippen LogP contribution in [0.2, 0.25) is 5.02 Å². The van der Waals surface area contributed by atoms with E-state index in [0.29, 0.717) is 32.8 Å². The van der Waals surface area contributed by atoms with E-state index in [2.05, 4.69) is 20.5 Å². The number of anilines is 1. The second kappa shape index (κ2) is 10.0. The molecule has 1 amide bonds. The molecule has 0 aliphatic rings. The molecule has 164 valence electrons. The zero-order chi connectivity index (χ0) is 22.5. The van der Waals surface area contributed by atoms with Crippen molar-refractivity contribution in [1.29, 1.82) is 0 Å². The van der Waals surface area contributed by atoms with Gasteiger partial charge in [0.2, 0.25) is 11.8 Å². The van der Waals surface area contributed by atoms with Crippen LogP contribution in [-0.4, -0.2) is 41.1 Å². The number of methoxy groups -OCH3 is 2. The Balaban J connectivity index is 1.34. The standard InChI is InChI=1S/C21H17ClN4O4S2/c1-28-16-8-5-13(9-17(16)29-2)15-10-31-20(23-15)24-18(27)11-32-21-26-25-19(30-21)12-3-6-14(22)7-4-12/h3-10H,11H2,1-2H3,(H,23,24,27). The highest BCUT2D eigenvalue weighted by Crippen LogP contribution is 2.33. The lowest BCUT2D eigenvalue weighted by atomic mass is 10.1. The van der Waals surface area contributed by atoms with E-state index in [9.17, 15) is 4.79 Å². The summed E-state index contributed by atoms with van der Waals surface area (Å²) in [5.74, 6) is 1.49. The largest absolute Gasteiger partial charge is 0.493 e. The van der Waals surface area contributed by atoms with Gasteiger partial charge in [-0.05, 0) is 42.5 Å². The second-order valence-corrected chi connectivity index (χ2v) is 8.55. The molecule has 4 rings (SSSR count). The van der Waals surface area contributed by atoms with E-state index in [1.807, 2.05) is 23.6 Å². The monoisotopic (exact) mass is 488 g/mol. The highest BCUT2D eigenvalue weighted by molar-refractivity contribution is 7.99. The zero-order valence-corrected chi connectivity index (χ0v) is 19.4. The number of carbonyl (C=O) groups is 1. The molecule has 0 bridgehead atoms. The van der Waals surface area contributed by atoms with Crippen LogP contribution in [0.3, 0.4) is 0 Å². The number of benzene rings is 2. The Hall–Kier alpha value is -3.08. The lowest BCUT2D eigenvalue weighted by Gasteiger charge is -2.08. The summed E-state index contributed by atoms with van der Waals surface area (Å²) in [6, 6.07) is 12.6. The molecule has 32 heavy (non-hydrogen) atoms. The van der Waals surface area contributed by atoms with Gasteiger partial charge in [0.1, 0.15) is 0 Å². The molecule has 1 N–H and O–H groups in total. The third kappa shape index (κ3) is 5.21. The van der Waals surface area contributed by atoms with Gasteiger partial charge in [-0.1, -0.05) is 23.4 Å². The van der Waals surface area contributed by atoms with E-state index >= 15 is 0 Å². The van der Waals surface area contributed by atoms with Gasteiger partial charge in [0.25, 0.3) is 5.22 Å².